The highest BCUT2D eigenvalue weighted by atomic mass is 32.2. The van der Waals surface area contributed by atoms with Crippen molar-refractivity contribution in [3.63, 3.8) is 0 Å². The Morgan fingerprint density at radius 3 is 2.36 bits per heavy atom. The van der Waals surface area contributed by atoms with Crippen LogP contribution in [0.2, 0.25) is 0 Å². The van der Waals surface area contributed by atoms with Gasteiger partial charge in [0.1, 0.15) is 0 Å². The van der Waals surface area contributed by atoms with Crippen LogP contribution in [0, 0.1) is 0 Å². The number of carbonyl (C=O) groups is 1. The van der Waals surface area contributed by atoms with E-state index in [9.17, 15) is 13.2 Å². The van der Waals surface area contributed by atoms with E-state index in [1.54, 1.807) is 18.2 Å². The fraction of sp³-hybridized carbons (Fsp3) is 0.611. The summed E-state index contributed by atoms with van der Waals surface area (Å²) in [6.45, 7) is 5.29. The predicted molar refractivity (Wildman–Crippen MR) is 98.9 cm³/mol. The Labute approximate surface area is 150 Å². The molecule has 1 aromatic rings. The second-order valence-electron chi connectivity index (χ2n) is 6.71. The average Bonchev–Trinajstić information content (AvgIpc) is 2.66. The summed E-state index contributed by atoms with van der Waals surface area (Å²) in [6.07, 6.45) is 4.22. The van der Waals surface area contributed by atoms with E-state index in [4.69, 9.17) is 5.73 Å². The van der Waals surface area contributed by atoms with Gasteiger partial charge in [-0.3, -0.25) is 4.79 Å². The Bertz CT molecular complexity index is 693. The maximum Gasteiger partial charge on any atom is 0.252 e. The van der Waals surface area contributed by atoms with Crippen LogP contribution in [0.5, 0.6) is 0 Å². The first-order valence-corrected chi connectivity index (χ1v) is 10.4. The number of nitrogens with one attached hydrogen (secondary N) is 1. The van der Waals surface area contributed by atoms with Crippen LogP contribution in [-0.2, 0) is 10.0 Å². The number of carbonyl (C=O) groups excluding carboxylic acids is 1. The van der Waals surface area contributed by atoms with E-state index < -0.39 is 21.5 Å². The second-order valence-corrected chi connectivity index (χ2v) is 8.62. The normalized spacial score (nSPS) is 16.6. The third kappa shape index (κ3) is 4.59. The summed E-state index contributed by atoms with van der Waals surface area (Å²) < 4.78 is 27.4. The first kappa shape index (κ1) is 19.9. The van der Waals surface area contributed by atoms with Gasteiger partial charge in [0.2, 0.25) is 10.0 Å². The predicted octanol–water partition coefficient (Wildman–Crippen LogP) is 2.11. The van der Waals surface area contributed by atoms with E-state index in [0.717, 1.165) is 32.1 Å². The molecule has 25 heavy (non-hydrogen) atoms. The van der Waals surface area contributed by atoms with Crippen LogP contribution in [0.1, 0.15) is 56.3 Å². The molecular formula is C18H29N3O3S. The number of amides is 1. The minimum Gasteiger partial charge on any atom is -0.350 e. The maximum absolute atomic E-state index is 12.9. The highest BCUT2D eigenvalue weighted by Gasteiger charge is 2.30. The van der Waals surface area contributed by atoms with E-state index in [2.05, 4.69) is 5.32 Å². The van der Waals surface area contributed by atoms with Gasteiger partial charge in [-0.15, -0.1) is 0 Å². The molecule has 0 spiro atoms. The lowest BCUT2D eigenvalue weighted by Gasteiger charge is -2.28. The second kappa shape index (κ2) is 8.29. The average molecular weight is 368 g/mol. The zero-order valence-corrected chi connectivity index (χ0v) is 15.9. The largest absolute Gasteiger partial charge is 0.350 e. The Balaban J connectivity index is 2.24. The van der Waals surface area contributed by atoms with Crippen LogP contribution < -0.4 is 11.1 Å². The molecule has 0 bridgehead atoms. The van der Waals surface area contributed by atoms with Crippen molar-refractivity contribution < 1.29 is 13.2 Å². The van der Waals surface area contributed by atoms with E-state index >= 15 is 0 Å². The van der Waals surface area contributed by atoms with Gasteiger partial charge in [0.05, 0.1) is 10.5 Å². The molecule has 0 radical (unpaired) electrons. The van der Waals surface area contributed by atoms with E-state index in [-0.39, 0.29) is 10.5 Å². The highest BCUT2D eigenvalue weighted by molar-refractivity contribution is 7.89. The van der Waals surface area contributed by atoms with Crippen LogP contribution in [0.15, 0.2) is 29.2 Å². The molecule has 1 aliphatic rings. The number of sulfonamides is 1. The van der Waals surface area contributed by atoms with Crippen molar-refractivity contribution in [3.05, 3.63) is 29.8 Å². The summed E-state index contributed by atoms with van der Waals surface area (Å²) in [5.41, 5.74) is 5.93. The fourth-order valence-corrected chi connectivity index (χ4v) is 4.68. The molecule has 7 heteroatoms. The number of benzene rings is 1. The zero-order chi connectivity index (χ0) is 18.5. The quantitative estimate of drug-likeness (QED) is 0.772. The lowest BCUT2D eigenvalue weighted by molar-refractivity contribution is 0.0938. The Hall–Kier alpha value is -1.44. The molecule has 0 atom stereocenters. The van der Waals surface area contributed by atoms with E-state index in [1.165, 1.54) is 10.4 Å². The molecule has 1 fully saturated rings. The number of nitrogens with two attached hydrogens (primary N) is 1. The van der Waals surface area contributed by atoms with Gasteiger partial charge < -0.3 is 11.1 Å². The molecule has 1 aromatic carbocycles. The molecule has 2 rings (SSSR count). The third-order valence-corrected chi connectivity index (χ3v) is 7.03. The summed E-state index contributed by atoms with van der Waals surface area (Å²) in [7, 11) is -3.66. The monoisotopic (exact) mass is 367 g/mol. The van der Waals surface area contributed by atoms with Crippen molar-refractivity contribution in [1.82, 2.24) is 9.62 Å². The summed E-state index contributed by atoms with van der Waals surface area (Å²) in [4.78, 5) is 12.7. The van der Waals surface area contributed by atoms with Gasteiger partial charge in [-0.25, -0.2) is 8.42 Å². The van der Waals surface area contributed by atoms with Crippen molar-refractivity contribution >= 4 is 15.9 Å². The Kier molecular flexibility index (Phi) is 6.59. The molecule has 1 aliphatic heterocycles. The minimum atomic E-state index is -3.66. The molecule has 140 valence electrons. The first-order chi connectivity index (χ1) is 11.8. The summed E-state index contributed by atoms with van der Waals surface area (Å²) in [5, 5.41) is 2.81. The molecule has 0 saturated carbocycles. The molecule has 0 aromatic heterocycles. The third-order valence-electron chi connectivity index (χ3n) is 5.07. The van der Waals surface area contributed by atoms with Gasteiger partial charge in [0.25, 0.3) is 5.91 Å². The van der Waals surface area contributed by atoms with Gasteiger partial charge in [-0.05, 0) is 37.8 Å². The molecular weight excluding hydrogens is 338 g/mol. The van der Waals surface area contributed by atoms with Crippen molar-refractivity contribution in [2.45, 2.75) is 56.4 Å². The first-order valence-electron chi connectivity index (χ1n) is 9.00. The molecule has 0 unspecified atom stereocenters. The van der Waals surface area contributed by atoms with Crippen LogP contribution >= 0.6 is 0 Å². The number of rotatable bonds is 7. The summed E-state index contributed by atoms with van der Waals surface area (Å²) >= 11 is 0. The van der Waals surface area contributed by atoms with E-state index in [1.807, 2.05) is 13.8 Å². The molecule has 0 aliphatic carbocycles. The molecule has 1 amide bonds. The molecule has 6 nitrogen and oxygen atoms in total. The summed E-state index contributed by atoms with van der Waals surface area (Å²) in [6, 6.07) is 6.40. The molecule has 1 heterocycles. The number of nitrogens with zero attached hydrogens (tertiary/aromatic N) is 1. The lowest BCUT2D eigenvalue weighted by atomic mass is 9.94. The van der Waals surface area contributed by atoms with Crippen LogP contribution in [0.4, 0.5) is 0 Å². The smallest absolute Gasteiger partial charge is 0.252 e. The van der Waals surface area contributed by atoms with Crippen molar-refractivity contribution in [2.24, 2.45) is 5.73 Å². The SMILES string of the molecule is CCC(N)(CC)CNC(=O)c1ccccc1S(=O)(=O)N1CCCCC1. The highest BCUT2D eigenvalue weighted by Crippen LogP contribution is 2.23. The lowest BCUT2D eigenvalue weighted by Crippen LogP contribution is -2.49. The Morgan fingerprint density at radius 1 is 1.16 bits per heavy atom. The van der Waals surface area contributed by atoms with Crippen molar-refractivity contribution in [2.75, 3.05) is 19.6 Å². The van der Waals surface area contributed by atoms with Crippen LogP contribution in [0.25, 0.3) is 0 Å². The number of hydrogen-bond acceptors (Lipinski definition) is 4. The van der Waals surface area contributed by atoms with Gasteiger partial charge in [-0.1, -0.05) is 32.4 Å². The van der Waals surface area contributed by atoms with Crippen LogP contribution in [0.3, 0.4) is 0 Å². The standard InChI is InChI=1S/C18H29N3O3S/c1-3-18(19,4-2)14-20-17(22)15-10-6-7-11-16(15)25(23,24)21-12-8-5-9-13-21/h6-7,10-11H,3-5,8-9,12-14,19H2,1-2H3,(H,20,22). The maximum atomic E-state index is 12.9. The Morgan fingerprint density at radius 2 is 1.76 bits per heavy atom. The van der Waals surface area contributed by atoms with Gasteiger partial charge in [-0.2, -0.15) is 4.31 Å². The van der Waals surface area contributed by atoms with Gasteiger partial charge in [0.15, 0.2) is 0 Å². The van der Waals surface area contributed by atoms with Gasteiger partial charge >= 0.3 is 0 Å². The molecule has 3 N–H and O–H groups in total. The number of hydrogen-bond donors (Lipinski definition) is 2. The summed E-state index contributed by atoms with van der Waals surface area (Å²) in [5.74, 6) is -0.395. The number of piperidine rings is 1. The van der Waals surface area contributed by atoms with E-state index in [0.29, 0.717) is 19.6 Å². The minimum absolute atomic E-state index is 0.0741. The topological polar surface area (TPSA) is 92.5 Å². The van der Waals surface area contributed by atoms with Crippen LogP contribution in [-0.4, -0.2) is 43.8 Å². The fourth-order valence-electron chi connectivity index (χ4n) is 2.98. The van der Waals surface area contributed by atoms with Gasteiger partial charge in [0, 0.05) is 25.2 Å². The molecule has 1 saturated heterocycles. The van der Waals surface area contributed by atoms with Crippen molar-refractivity contribution in [3.8, 4) is 0 Å². The zero-order valence-electron chi connectivity index (χ0n) is 15.1. The van der Waals surface area contributed by atoms with Crippen molar-refractivity contribution in [1.29, 1.82) is 0 Å².